The maximum atomic E-state index is 11.7. The average Bonchev–Trinajstić information content (AvgIpc) is 2.80. The van der Waals surface area contributed by atoms with Gasteiger partial charge in [0.15, 0.2) is 0 Å². The quantitative estimate of drug-likeness (QED) is 0.885. The van der Waals surface area contributed by atoms with Crippen molar-refractivity contribution in [1.29, 1.82) is 0 Å². The number of carboxylic acid groups (broad SMARTS) is 1. The molecule has 0 spiro atoms. The number of pyridine rings is 1. The molecule has 8 heteroatoms. The lowest BCUT2D eigenvalue weighted by Gasteiger charge is -2.06. The molecule has 2 aromatic heterocycles. The predicted molar refractivity (Wildman–Crippen MR) is 69.8 cm³/mol. The second kappa shape index (κ2) is 5.61. The average molecular weight is 325 g/mol. The number of carbonyl (C=O) groups excluding carboxylic acids is 1. The Kier molecular flexibility index (Phi) is 3.91. The Hall–Kier alpha value is -2.22. The maximum Gasteiger partial charge on any atom is 0.354 e. The van der Waals surface area contributed by atoms with Gasteiger partial charge in [0.05, 0.1) is 0 Å². The van der Waals surface area contributed by atoms with Crippen LogP contribution in [0.25, 0.3) is 0 Å². The second-order valence-electron chi connectivity index (χ2n) is 3.59. The number of nitrogens with one attached hydrogen (secondary N) is 1. The molecule has 19 heavy (non-hydrogen) atoms. The molecule has 0 fully saturated rings. The number of hydrogen-bond acceptors (Lipinski definition) is 4. The molecule has 0 radical (unpaired) electrons. The number of aromatic nitrogens is 3. The Labute approximate surface area is 116 Å². The van der Waals surface area contributed by atoms with Gasteiger partial charge >= 0.3 is 5.97 Å². The summed E-state index contributed by atoms with van der Waals surface area (Å²) in [4.78, 5) is 26.6. The fraction of sp³-hybridized carbons (Fsp3) is 0.0909. The molecule has 0 saturated heterocycles. The normalized spacial score (nSPS) is 10.2. The molecule has 0 unspecified atom stereocenters. The molecule has 0 aliphatic carbocycles. The molecule has 1 amide bonds. The third-order valence-corrected chi connectivity index (χ3v) is 2.69. The number of amides is 1. The fourth-order valence-corrected chi connectivity index (χ4v) is 1.64. The van der Waals surface area contributed by atoms with Gasteiger partial charge in [0.25, 0.3) is 0 Å². The molecule has 0 bridgehead atoms. The highest BCUT2D eigenvalue weighted by Gasteiger charge is 2.13. The number of halogens is 1. The highest BCUT2D eigenvalue weighted by Crippen LogP contribution is 2.10. The third-order valence-electron chi connectivity index (χ3n) is 2.22. The van der Waals surface area contributed by atoms with E-state index in [2.05, 4.69) is 31.3 Å². The van der Waals surface area contributed by atoms with E-state index in [0.29, 0.717) is 5.82 Å². The van der Waals surface area contributed by atoms with Crippen LogP contribution in [-0.2, 0) is 11.3 Å². The minimum atomic E-state index is -1.13. The van der Waals surface area contributed by atoms with Gasteiger partial charge in [0, 0.05) is 16.9 Å². The van der Waals surface area contributed by atoms with Crippen molar-refractivity contribution >= 4 is 33.6 Å². The lowest BCUT2D eigenvalue weighted by atomic mass is 10.4. The summed E-state index contributed by atoms with van der Waals surface area (Å²) in [5, 5.41) is 15.2. The van der Waals surface area contributed by atoms with Crippen LogP contribution in [0.3, 0.4) is 0 Å². The van der Waals surface area contributed by atoms with Crippen LogP contribution in [0.2, 0.25) is 0 Å². The molecule has 0 atom stereocenters. The predicted octanol–water partition coefficient (Wildman–Crippen LogP) is 1.38. The van der Waals surface area contributed by atoms with Crippen LogP contribution in [-0.4, -0.2) is 31.7 Å². The van der Waals surface area contributed by atoms with Crippen molar-refractivity contribution < 1.29 is 14.7 Å². The van der Waals surface area contributed by atoms with Crippen molar-refractivity contribution in [3.63, 3.8) is 0 Å². The molecule has 7 nitrogen and oxygen atoms in total. The van der Waals surface area contributed by atoms with Crippen LogP contribution >= 0.6 is 15.9 Å². The number of anilines is 1. The van der Waals surface area contributed by atoms with Gasteiger partial charge in [0.2, 0.25) is 5.91 Å². The Morgan fingerprint density at radius 2 is 2.16 bits per heavy atom. The van der Waals surface area contributed by atoms with Gasteiger partial charge in [-0.2, -0.15) is 5.10 Å². The van der Waals surface area contributed by atoms with Crippen molar-refractivity contribution in [2.24, 2.45) is 0 Å². The minimum Gasteiger partial charge on any atom is -0.477 e. The Bertz CT molecular complexity index is 609. The topological polar surface area (TPSA) is 97.1 Å². The van der Waals surface area contributed by atoms with E-state index in [1.165, 1.54) is 12.3 Å². The largest absolute Gasteiger partial charge is 0.477 e. The molecule has 2 heterocycles. The van der Waals surface area contributed by atoms with Gasteiger partial charge in [-0.3, -0.25) is 4.79 Å². The monoisotopic (exact) mass is 324 g/mol. The number of carboxylic acids is 1. The van der Waals surface area contributed by atoms with Crippen LogP contribution in [0, 0.1) is 0 Å². The first-order valence-electron chi connectivity index (χ1n) is 5.23. The van der Waals surface area contributed by atoms with Gasteiger partial charge < -0.3 is 10.4 Å². The van der Waals surface area contributed by atoms with Crippen molar-refractivity contribution in [3.8, 4) is 0 Å². The molecule has 0 aromatic carbocycles. The SMILES string of the molecule is O=C(Cn1nccc1C(=O)O)Nc1ccc(Br)cn1. The van der Waals surface area contributed by atoms with E-state index in [0.717, 1.165) is 9.15 Å². The summed E-state index contributed by atoms with van der Waals surface area (Å²) in [5.74, 6) is -1.15. The highest BCUT2D eigenvalue weighted by atomic mass is 79.9. The molecule has 0 aliphatic heterocycles. The van der Waals surface area contributed by atoms with E-state index in [9.17, 15) is 9.59 Å². The van der Waals surface area contributed by atoms with E-state index in [-0.39, 0.29) is 12.2 Å². The van der Waals surface area contributed by atoms with Crippen LogP contribution in [0.15, 0.2) is 35.1 Å². The lowest BCUT2D eigenvalue weighted by molar-refractivity contribution is -0.116. The molecule has 2 N–H and O–H groups in total. The molecule has 2 aromatic rings. The van der Waals surface area contributed by atoms with Gasteiger partial charge in [-0.05, 0) is 34.1 Å². The summed E-state index contributed by atoms with van der Waals surface area (Å²) in [7, 11) is 0. The summed E-state index contributed by atoms with van der Waals surface area (Å²) < 4.78 is 1.90. The maximum absolute atomic E-state index is 11.7. The number of aromatic carboxylic acids is 1. The lowest BCUT2D eigenvalue weighted by Crippen LogP contribution is -2.22. The highest BCUT2D eigenvalue weighted by molar-refractivity contribution is 9.10. The van der Waals surface area contributed by atoms with Crippen molar-refractivity contribution in [2.75, 3.05) is 5.32 Å². The smallest absolute Gasteiger partial charge is 0.354 e. The van der Waals surface area contributed by atoms with Crippen LogP contribution < -0.4 is 5.32 Å². The van der Waals surface area contributed by atoms with Crippen LogP contribution in [0.5, 0.6) is 0 Å². The second-order valence-corrected chi connectivity index (χ2v) is 4.50. The molecule has 0 aliphatic rings. The summed E-state index contributed by atoms with van der Waals surface area (Å²) in [6, 6.07) is 4.69. The van der Waals surface area contributed by atoms with E-state index in [1.54, 1.807) is 18.3 Å². The Morgan fingerprint density at radius 3 is 2.79 bits per heavy atom. The molecule has 2 rings (SSSR count). The van der Waals surface area contributed by atoms with Crippen molar-refractivity contribution in [3.05, 3.63) is 40.8 Å². The first-order valence-corrected chi connectivity index (χ1v) is 6.02. The standard InChI is InChI=1S/C11H9BrN4O3/c12-7-1-2-9(13-5-7)15-10(17)6-16-8(11(18)19)3-4-14-16/h1-5H,6H2,(H,18,19)(H,13,15,17). The number of rotatable bonds is 4. The van der Waals surface area contributed by atoms with E-state index in [4.69, 9.17) is 5.11 Å². The van der Waals surface area contributed by atoms with Crippen molar-refractivity contribution in [1.82, 2.24) is 14.8 Å². The molecule has 98 valence electrons. The Balaban J connectivity index is 2.03. The van der Waals surface area contributed by atoms with E-state index >= 15 is 0 Å². The van der Waals surface area contributed by atoms with E-state index < -0.39 is 11.9 Å². The summed E-state index contributed by atoms with van der Waals surface area (Å²) in [6.45, 7) is -0.188. The van der Waals surface area contributed by atoms with Crippen molar-refractivity contribution in [2.45, 2.75) is 6.54 Å². The summed E-state index contributed by atoms with van der Waals surface area (Å²) in [5.41, 5.74) is -0.0427. The molecular weight excluding hydrogens is 316 g/mol. The molecule has 0 saturated carbocycles. The van der Waals surface area contributed by atoms with Crippen LogP contribution in [0.4, 0.5) is 5.82 Å². The fourth-order valence-electron chi connectivity index (χ4n) is 1.41. The minimum absolute atomic E-state index is 0.0427. The Morgan fingerprint density at radius 1 is 1.37 bits per heavy atom. The summed E-state index contributed by atoms with van der Waals surface area (Å²) >= 11 is 3.23. The van der Waals surface area contributed by atoms with Crippen LogP contribution in [0.1, 0.15) is 10.5 Å². The first-order chi connectivity index (χ1) is 9.06. The zero-order valence-corrected chi connectivity index (χ0v) is 11.2. The number of hydrogen-bond donors (Lipinski definition) is 2. The van der Waals surface area contributed by atoms with Gasteiger partial charge in [-0.15, -0.1) is 0 Å². The zero-order valence-electron chi connectivity index (χ0n) is 9.58. The van der Waals surface area contributed by atoms with E-state index in [1.807, 2.05) is 0 Å². The summed E-state index contributed by atoms with van der Waals surface area (Å²) in [6.07, 6.45) is 2.88. The van der Waals surface area contributed by atoms with Gasteiger partial charge in [0.1, 0.15) is 18.1 Å². The molecular formula is C11H9BrN4O3. The number of carbonyl (C=O) groups is 2. The number of nitrogens with zero attached hydrogens (tertiary/aromatic N) is 3. The van der Waals surface area contributed by atoms with Gasteiger partial charge in [-0.25, -0.2) is 14.5 Å². The van der Waals surface area contributed by atoms with Gasteiger partial charge in [-0.1, -0.05) is 0 Å². The first kappa shape index (κ1) is 13.2. The zero-order chi connectivity index (χ0) is 13.8. The third kappa shape index (κ3) is 3.38.